The number of alkyl halides is 5. The third kappa shape index (κ3) is 42.0. The molecular formula is C48H63F13N8O8. The molecule has 2 amide bonds. The van der Waals surface area contributed by atoms with Gasteiger partial charge in [-0.1, -0.05) is 54.6 Å². The minimum absolute atomic E-state index is 0.0451. The Morgan fingerprint density at radius 2 is 0.896 bits per heavy atom. The monoisotopic (exact) mass is 1130 g/mol. The lowest BCUT2D eigenvalue weighted by atomic mass is 10.2. The Hall–Kier alpha value is -7.95. The fourth-order valence-electron chi connectivity index (χ4n) is 4.99. The number of hydrazine groups is 2. The van der Waals surface area contributed by atoms with Crippen molar-refractivity contribution in [2.24, 2.45) is 21.9 Å². The summed E-state index contributed by atoms with van der Waals surface area (Å²) in [5.74, 6) is 8.94. The van der Waals surface area contributed by atoms with Crippen molar-refractivity contribution in [3.63, 3.8) is 0 Å². The number of para-hydroxylation sites is 2. The second-order valence-electron chi connectivity index (χ2n) is 13.7. The Balaban J connectivity index is -0.000000190. The molecular weight excluding hydrogens is 1060 g/mol. The van der Waals surface area contributed by atoms with Crippen LogP contribution < -0.4 is 32.6 Å². The molecule has 77 heavy (non-hydrogen) atoms. The Morgan fingerprint density at radius 3 is 1.21 bits per heavy atom. The molecule has 0 fully saturated rings. The summed E-state index contributed by atoms with van der Waals surface area (Å²) in [7, 11) is 1.00. The van der Waals surface area contributed by atoms with E-state index in [9.17, 15) is 50.7 Å². The van der Waals surface area contributed by atoms with Gasteiger partial charge >= 0.3 is 18.1 Å². The van der Waals surface area contributed by atoms with E-state index in [4.69, 9.17) is 48.3 Å². The van der Waals surface area contributed by atoms with Crippen LogP contribution in [0, 0.1) is 6.92 Å². The third-order valence-corrected chi connectivity index (χ3v) is 7.77. The average Bonchev–Trinajstić information content (AvgIpc) is 3.97. The first-order valence-electron chi connectivity index (χ1n) is 21.4. The number of nitrogens with zero attached hydrogens (tertiary/aromatic N) is 4. The maximum Gasteiger partial charge on any atom is 0.416 e. The van der Waals surface area contributed by atoms with Gasteiger partial charge in [-0.25, -0.2) is 10.0 Å². The number of Topliss-reactive ketones (excluding diaryl/α,β-unsaturated/α-hetero) is 2. The van der Waals surface area contributed by atoms with Gasteiger partial charge in [-0.3, -0.25) is 49.2 Å². The number of hydrogen-bond donors (Lipinski definition) is 4. The molecule has 2 aliphatic heterocycles. The highest BCUT2D eigenvalue weighted by molar-refractivity contribution is 6.12. The van der Waals surface area contributed by atoms with E-state index in [2.05, 4.69) is 30.5 Å². The van der Waals surface area contributed by atoms with Crippen molar-refractivity contribution < 1.29 is 96.8 Å². The highest BCUT2D eigenvalue weighted by Crippen LogP contribution is 2.30. The summed E-state index contributed by atoms with van der Waals surface area (Å²) in [5, 5.41) is 11.2. The lowest BCUT2D eigenvalue weighted by Crippen LogP contribution is -2.19. The zero-order valence-corrected chi connectivity index (χ0v) is 43.3. The first-order chi connectivity index (χ1) is 36.7. The standard InChI is InChI=1S/C11H12N2O.C10H10N2O.C7H7F3N2.C6H8N2.2C6H10O3.2CH3F.4F2/c1-8-4-3-5-10(6-8)13-11(14)7-9(2)12-13;1-8-7-10(13)12(11-8)9-5-3-2-4-6-9;8-7(9,10)5-2-1-3-6(4-5)12-11;7-8-6-4-2-1-3-5-6;2*1-3-9-6(8)4-5(2)7;6*1-2/h3-6H,7H2,1-2H3;2-6H,7H2,1H3;1-4,12H,11H2;1-5,8H,7H2;2*3-4H2,1-2H3;2*1H3;;;;. The molecule has 0 radical (unpaired) electrons. The molecule has 0 aliphatic carbocycles. The van der Waals surface area contributed by atoms with Crippen molar-refractivity contribution in [1.82, 2.24) is 0 Å². The highest BCUT2D eigenvalue weighted by Gasteiger charge is 2.30. The molecule has 0 spiro atoms. The number of carbonyl (C=O) groups is 6. The number of amides is 2. The average molecular weight is 1130 g/mol. The largest absolute Gasteiger partial charge is 0.466 e. The number of hydrogen-bond acceptors (Lipinski definition) is 14. The molecule has 2 aliphatic rings. The zero-order chi connectivity index (χ0) is 61.0. The van der Waals surface area contributed by atoms with Crippen molar-refractivity contribution in [3.05, 3.63) is 120 Å². The number of ketones is 2. The minimum Gasteiger partial charge on any atom is -0.466 e. The van der Waals surface area contributed by atoms with Crippen LogP contribution in [0.25, 0.3) is 0 Å². The van der Waals surface area contributed by atoms with Gasteiger partial charge in [0.25, 0.3) is 11.8 Å². The molecule has 0 unspecified atom stereocenters. The number of aryl methyl sites for hydroxylation is 1. The van der Waals surface area contributed by atoms with Crippen LogP contribution in [0.3, 0.4) is 0 Å². The molecule has 6 rings (SSSR count). The fourth-order valence-corrected chi connectivity index (χ4v) is 4.99. The van der Waals surface area contributed by atoms with E-state index in [1.54, 1.807) is 13.8 Å². The second-order valence-corrected chi connectivity index (χ2v) is 13.7. The number of nitrogens with two attached hydrogens (primary N) is 2. The Kier molecular flexibility index (Phi) is 55.3. The Morgan fingerprint density at radius 1 is 0.545 bits per heavy atom. The number of halogens is 13. The number of hydrazone groups is 2. The van der Waals surface area contributed by atoms with Crippen LogP contribution in [0.15, 0.2) is 119 Å². The van der Waals surface area contributed by atoms with Gasteiger partial charge in [0.2, 0.25) is 0 Å². The number of nitrogen functional groups attached to an aromatic ring is 2. The zero-order valence-electron chi connectivity index (χ0n) is 43.3. The Bertz CT molecular complexity index is 2210. The predicted octanol–water partition coefficient (Wildman–Crippen LogP) is 12.5. The van der Waals surface area contributed by atoms with Gasteiger partial charge in [-0.15, -0.1) is 0 Å². The summed E-state index contributed by atoms with van der Waals surface area (Å²) >= 11 is 0. The smallest absolute Gasteiger partial charge is 0.416 e. The first kappa shape index (κ1) is 80.4. The Labute approximate surface area is 436 Å². The maximum absolute atomic E-state index is 12.0. The summed E-state index contributed by atoms with van der Waals surface area (Å²) in [5.41, 5.74) is 9.70. The number of nitrogens with one attached hydrogen (secondary N) is 2. The summed E-state index contributed by atoms with van der Waals surface area (Å²) < 4.78 is 128. The molecule has 29 heteroatoms. The van der Waals surface area contributed by atoms with Gasteiger partial charge in [-0.2, -0.15) is 23.4 Å². The van der Waals surface area contributed by atoms with E-state index in [-0.39, 0.29) is 41.9 Å². The quantitative estimate of drug-likeness (QED) is 0.0382. The molecule has 6 N–H and O–H groups in total. The van der Waals surface area contributed by atoms with E-state index < -0.39 is 23.7 Å². The summed E-state index contributed by atoms with van der Waals surface area (Å²) in [6.07, 6.45) is -3.64. The van der Waals surface area contributed by atoms with E-state index >= 15 is 0 Å². The van der Waals surface area contributed by atoms with E-state index in [1.807, 2.05) is 106 Å². The topological polar surface area (TPSA) is 228 Å². The number of anilines is 4. The predicted molar refractivity (Wildman–Crippen MR) is 268 cm³/mol. The number of ether oxygens (including phenoxy) is 2. The van der Waals surface area contributed by atoms with Gasteiger partial charge in [0.1, 0.15) is 24.4 Å². The molecule has 434 valence electrons. The SMILES string of the molecule is CC1=NN(c2cccc(C)c2)C(=O)C1.CC1=NN(c2ccccc2)C(=O)C1.CCOC(=O)CC(C)=O.CCOC(=O)CC(C)=O.CF.CF.FF.FF.FF.FF.NNc1cccc(C(F)(F)F)c1.NNc1ccccc1. The van der Waals surface area contributed by atoms with Gasteiger partial charge in [0, 0.05) is 59.4 Å². The van der Waals surface area contributed by atoms with Crippen LogP contribution in [0.2, 0.25) is 0 Å². The number of esters is 2. The third-order valence-electron chi connectivity index (χ3n) is 7.77. The summed E-state index contributed by atoms with van der Waals surface area (Å²) in [6.45, 7) is 12.5. The van der Waals surface area contributed by atoms with Crippen molar-refractivity contribution in [2.75, 3.05) is 48.4 Å². The van der Waals surface area contributed by atoms with Gasteiger partial charge in [0.05, 0.1) is 57.3 Å². The normalized spacial score (nSPS) is 10.8. The van der Waals surface area contributed by atoms with Crippen LogP contribution >= 0.6 is 0 Å². The van der Waals surface area contributed by atoms with Gasteiger partial charge < -0.3 is 20.3 Å². The lowest BCUT2D eigenvalue weighted by molar-refractivity contribution is -0.146. The molecule has 16 nitrogen and oxygen atoms in total. The first-order valence-corrected chi connectivity index (χ1v) is 21.4. The number of rotatable bonds is 10. The summed E-state index contributed by atoms with van der Waals surface area (Å²) in [4.78, 5) is 64.2. The van der Waals surface area contributed by atoms with Gasteiger partial charge in [-0.05, 0) is 109 Å². The highest BCUT2D eigenvalue weighted by atomic mass is 20.0. The molecule has 0 bridgehead atoms. The van der Waals surface area contributed by atoms with Crippen molar-refractivity contribution in [3.8, 4) is 0 Å². The molecule has 0 aromatic heterocycles. The fraction of sp³-hybridized carbons (Fsp3) is 0.333. The van der Waals surface area contributed by atoms with Crippen molar-refractivity contribution in [1.29, 1.82) is 0 Å². The lowest BCUT2D eigenvalue weighted by Gasteiger charge is -2.11. The van der Waals surface area contributed by atoms with Crippen LogP contribution in [0.1, 0.15) is 78.4 Å². The second kappa shape index (κ2) is 52.9. The van der Waals surface area contributed by atoms with Crippen LogP contribution in [-0.4, -0.2) is 74.3 Å². The number of benzene rings is 4. The van der Waals surface area contributed by atoms with Crippen molar-refractivity contribution in [2.45, 2.75) is 80.3 Å². The molecule has 4 aromatic rings. The van der Waals surface area contributed by atoms with Gasteiger partial charge in [0.15, 0.2) is 0 Å². The van der Waals surface area contributed by atoms with Crippen LogP contribution in [0.4, 0.5) is 81.3 Å². The van der Waals surface area contributed by atoms with Crippen LogP contribution in [-0.2, 0) is 44.4 Å². The minimum atomic E-state index is -4.31. The maximum atomic E-state index is 12.0. The van der Waals surface area contributed by atoms with E-state index in [0.717, 1.165) is 46.2 Å². The molecule has 4 aromatic carbocycles. The molecule has 0 atom stereocenters. The van der Waals surface area contributed by atoms with Crippen LogP contribution in [0.5, 0.6) is 0 Å². The van der Waals surface area contributed by atoms with E-state index in [0.29, 0.717) is 40.4 Å². The van der Waals surface area contributed by atoms with Crippen molar-refractivity contribution >= 4 is 69.5 Å². The number of carbonyl (C=O) groups excluding carboxylic acids is 6. The molecule has 0 saturated heterocycles. The van der Waals surface area contributed by atoms with E-state index in [1.165, 1.54) is 36.0 Å². The molecule has 2 heterocycles. The molecule has 0 saturated carbocycles. The summed E-state index contributed by atoms with van der Waals surface area (Å²) in [6, 6.07) is 31.5.